The van der Waals surface area contributed by atoms with Gasteiger partial charge < -0.3 is 10.0 Å². The van der Waals surface area contributed by atoms with Crippen molar-refractivity contribution in [1.82, 2.24) is 4.98 Å². The number of aliphatic hydroxyl groups is 1. The van der Waals surface area contributed by atoms with Crippen LogP contribution in [0.1, 0.15) is 25.1 Å². The fourth-order valence-electron chi connectivity index (χ4n) is 2.11. The largest absolute Gasteiger partial charge is 0.391 e. The Balaban J connectivity index is 2.27. The number of hydrogen-bond donors (Lipinski definition) is 1. The molecule has 1 heterocycles. The maximum atomic E-state index is 9.55. The quantitative estimate of drug-likeness (QED) is 0.879. The van der Waals surface area contributed by atoms with Gasteiger partial charge in [-0.2, -0.15) is 0 Å². The molecule has 0 bridgehead atoms. The molecule has 1 aromatic heterocycles. The Labute approximate surface area is 124 Å². The molecule has 0 fully saturated rings. The lowest BCUT2D eigenvalue weighted by Crippen LogP contribution is -2.23. The summed E-state index contributed by atoms with van der Waals surface area (Å²) in [5.41, 5.74) is 1.97. The summed E-state index contributed by atoms with van der Waals surface area (Å²) in [5.74, 6) is 0.640. The molecule has 0 radical (unpaired) electrons. The molecule has 0 aliphatic carbocycles. The van der Waals surface area contributed by atoms with Crippen LogP contribution in [0.3, 0.4) is 0 Å². The molecule has 1 aromatic carbocycles. The van der Waals surface area contributed by atoms with E-state index in [0.29, 0.717) is 5.92 Å². The average Bonchev–Trinajstić information content (AvgIpc) is 2.92. The van der Waals surface area contributed by atoms with E-state index in [9.17, 15) is 5.11 Å². The average molecular weight is 290 g/mol. The molecule has 0 amide bonds. The SMILES string of the molecule is CCC(C)CN(C)c1nc(-c2ccccc2)c(CO)s1. The fourth-order valence-corrected chi connectivity index (χ4v) is 3.02. The number of thiazole rings is 1. The van der Waals surface area contributed by atoms with Crippen LogP contribution in [0.5, 0.6) is 0 Å². The van der Waals surface area contributed by atoms with Gasteiger partial charge >= 0.3 is 0 Å². The first kappa shape index (κ1) is 15.0. The number of rotatable bonds is 6. The Kier molecular flexibility index (Phi) is 5.15. The highest BCUT2D eigenvalue weighted by Crippen LogP contribution is 2.33. The fraction of sp³-hybridized carbons (Fsp3) is 0.438. The van der Waals surface area contributed by atoms with E-state index < -0.39 is 0 Å². The smallest absolute Gasteiger partial charge is 0.185 e. The molecule has 1 unspecified atom stereocenters. The lowest BCUT2D eigenvalue weighted by molar-refractivity contribution is 0.286. The summed E-state index contributed by atoms with van der Waals surface area (Å²) in [4.78, 5) is 7.84. The lowest BCUT2D eigenvalue weighted by Gasteiger charge is -2.19. The van der Waals surface area contributed by atoms with E-state index in [1.54, 1.807) is 11.3 Å². The van der Waals surface area contributed by atoms with E-state index in [-0.39, 0.29) is 6.61 Å². The summed E-state index contributed by atoms with van der Waals surface area (Å²) in [6.07, 6.45) is 1.16. The highest BCUT2D eigenvalue weighted by atomic mass is 32.1. The van der Waals surface area contributed by atoms with Gasteiger partial charge in [0.05, 0.1) is 17.2 Å². The number of aliphatic hydroxyl groups excluding tert-OH is 1. The highest BCUT2D eigenvalue weighted by Gasteiger charge is 2.15. The van der Waals surface area contributed by atoms with E-state index in [4.69, 9.17) is 4.98 Å². The standard InChI is InChI=1S/C16H22N2OS/c1-4-12(2)10-18(3)16-17-15(14(11-19)20-16)13-8-6-5-7-9-13/h5-9,12,19H,4,10-11H2,1-3H3. The number of benzene rings is 1. The topological polar surface area (TPSA) is 36.4 Å². The second kappa shape index (κ2) is 6.86. The molecule has 0 aliphatic heterocycles. The Morgan fingerprint density at radius 2 is 2.00 bits per heavy atom. The number of hydrogen-bond acceptors (Lipinski definition) is 4. The van der Waals surface area contributed by atoms with E-state index in [1.807, 2.05) is 30.3 Å². The number of aromatic nitrogens is 1. The van der Waals surface area contributed by atoms with Gasteiger partial charge in [0, 0.05) is 19.2 Å². The summed E-state index contributed by atoms with van der Waals surface area (Å²) in [5, 5.41) is 10.5. The molecule has 20 heavy (non-hydrogen) atoms. The van der Waals surface area contributed by atoms with Gasteiger partial charge in [0.15, 0.2) is 5.13 Å². The molecule has 0 saturated carbocycles. The minimum Gasteiger partial charge on any atom is -0.391 e. The monoisotopic (exact) mass is 290 g/mol. The first-order chi connectivity index (χ1) is 9.65. The van der Waals surface area contributed by atoms with Gasteiger partial charge in [-0.15, -0.1) is 0 Å². The molecule has 2 aromatic rings. The summed E-state index contributed by atoms with van der Waals surface area (Å²) >= 11 is 1.58. The number of nitrogens with zero attached hydrogens (tertiary/aromatic N) is 2. The predicted octanol–water partition coefficient (Wildman–Crippen LogP) is 3.78. The van der Waals surface area contributed by atoms with Crippen molar-refractivity contribution in [2.75, 3.05) is 18.5 Å². The van der Waals surface area contributed by atoms with Gasteiger partial charge in [-0.3, -0.25) is 0 Å². The summed E-state index contributed by atoms with van der Waals surface area (Å²) in [6.45, 7) is 5.48. The third kappa shape index (κ3) is 3.38. The van der Waals surface area contributed by atoms with Crippen molar-refractivity contribution in [2.24, 2.45) is 5.92 Å². The van der Waals surface area contributed by atoms with Crippen molar-refractivity contribution < 1.29 is 5.11 Å². The summed E-state index contributed by atoms with van der Waals surface area (Å²) < 4.78 is 0. The molecule has 4 heteroatoms. The van der Waals surface area contributed by atoms with Crippen LogP contribution in [0.15, 0.2) is 30.3 Å². The summed E-state index contributed by atoms with van der Waals surface area (Å²) in [6, 6.07) is 10.1. The first-order valence-corrected chi connectivity index (χ1v) is 7.84. The Morgan fingerprint density at radius 3 is 2.60 bits per heavy atom. The Morgan fingerprint density at radius 1 is 1.30 bits per heavy atom. The van der Waals surface area contributed by atoms with Gasteiger partial charge in [0.25, 0.3) is 0 Å². The molecular weight excluding hydrogens is 268 g/mol. The van der Waals surface area contributed by atoms with Crippen molar-refractivity contribution >= 4 is 16.5 Å². The van der Waals surface area contributed by atoms with Crippen molar-refractivity contribution in [3.05, 3.63) is 35.2 Å². The van der Waals surface area contributed by atoms with Gasteiger partial charge in [0.2, 0.25) is 0 Å². The minimum absolute atomic E-state index is 0.0407. The van der Waals surface area contributed by atoms with Crippen LogP contribution in [0.4, 0.5) is 5.13 Å². The molecular formula is C16H22N2OS. The zero-order chi connectivity index (χ0) is 14.5. The van der Waals surface area contributed by atoms with E-state index in [0.717, 1.165) is 34.2 Å². The van der Waals surface area contributed by atoms with Crippen LogP contribution >= 0.6 is 11.3 Å². The zero-order valence-corrected chi connectivity index (χ0v) is 13.2. The lowest BCUT2D eigenvalue weighted by atomic mass is 10.1. The van der Waals surface area contributed by atoms with Crippen LogP contribution < -0.4 is 4.90 Å². The number of anilines is 1. The molecule has 0 aliphatic rings. The van der Waals surface area contributed by atoms with E-state index >= 15 is 0 Å². The first-order valence-electron chi connectivity index (χ1n) is 7.02. The third-order valence-electron chi connectivity index (χ3n) is 3.49. The second-order valence-electron chi connectivity index (χ2n) is 5.19. The van der Waals surface area contributed by atoms with Crippen LogP contribution in [0.25, 0.3) is 11.3 Å². The van der Waals surface area contributed by atoms with Crippen molar-refractivity contribution in [2.45, 2.75) is 26.9 Å². The van der Waals surface area contributed by atoms with Gasteiger partial charge in [0.1, 0.15) is 0 Å². The molecule has 0 saturated heterocycles. The second-order valence-corrected chi connectivity index (χ2v) is 6.25. The van der Waals surface area contributed by atoms with Gasteiger partial charge in [-0.05, 0) is 5.92 Å². The van der Waals surface area contributed by atoms with Crippen molar-refractivity contribution in [3.63, 3.8) is 0 Å². The van der Waals surface area contributed by atoms with E-state index in [2.05, 4.69) is 25.8 Å². The molecule has 1 N–H and O–H groups in total. The van der Waals surface area contributed by atoms with Crippen LogP contribution in [-0.4, -0.2) is 23.7 Å². The molecule has 1 atom stereocenters. The van der Waals surface area contributed by atoms with Crippen molar-refractivity contribution in [1.29, 1.82) is 0 Å². The van der Waals surface area contributed by atoms with Crippen molar-refractivity contribution in [3.8, 4) is 11.3 Å². The normalized spacial score (nSPS) is 12.4. The molecule has 0 spiro atoms. The van der Waals surface area contributed by atoms with Crippen LogP contribution in [0, 0.1) is 5.92 Å². The van der Waals surface area contributed by atoms with Gasteiger partial charge in [-0.1, -0.05) is 61.9 Å². The van der Waals surface area contributed by atoms with E-state index in [1.165, 1.54) is 0 Å². The minimum atomic E-state index is 0.0407. The zero-order valence-electron chi connectivity index (χ0n) is 12.3. The maximum absolute atomic E-state index is 9.55. The molecule has 3 nitrogen and oxygen atoms in total. The van der Waals surface area contributed by atoms with Gasteiger partial charge in [-0.25, -0.2) is 4.98 Å². The molecule has 108 valence electrons. The molecule has 2 rings (SSSR count). The maximum Gasteiger partial charge on any atom is 0.185 e. The Bertz CT molecular complexity index is 539. The summed E-state index contributed by atoms with van der Waals surface area (Å²) in [7, 11) is 2.07. The highest BCUT2D eigenvalue weighted by molar-refractivity contribution is 7.16. The third-order valence-corrected chi connectivity index (χ3v) is 4.64. The Hall–Kier alpha value is -1.39. The van der Waals surface area contributed by atoms with Crippen LogP contribution in [0.2, 0.25) is 0 Å². The predicted molar refractivity (Wildman–Crippen MR) is 86.2 cm³/mol. The van der Waals surface area contributed by atoms with Crippen LogP contribution in [-0.2, 0) is 6.61 Å².